The van der Waals surface area contributed by atoms with E-state index in [0.717, 1.165) is 28.0 Å². The predicted octanol–water partition coefficient (Wildman–Crippen LogP) is 6.44. The summed E-state index contributed by atoms with van der Waals surface area (Å²) in [5.41, 5.74) is 5.05. The van der Waals surface area contributed by atoms with Crippen molar-refractivity contribution in [2.75, 3.05) is 0 Å². The van der Waals surface area contributed by atoms with Crippen LogP contribution in [0.1, 0.15) is 18.2 Å². The fraction of sp³-hybridized carbons (Fsp3) is 0.0667. The third kappa shape index (κ3) is 4.62. The van der Waals surface area contributed by atoms with Crippen molar-refractivity contribution in [1.29, 1.82) is 0 Å². The monoisotopic (exact) mass is 444 g/mol. The molecule has 3 heteroatoms. The predicted molar refractivity (Wildman–Crippen MR) is 143 cm³/mol. The van der Waals surface area contributed by atoms with Crippen LogP contribution >= 0.6 is 7.92 Å². The van der Waals surface area contributed by atoms with Crippen LogP contribution in [0.2, 0.25) is 0 Å². The second-order valence-electron chi connectivity index (χ2n) is 8.08. The molecule has 160 valence electrons. The molecule has 0 saturated carbocycles. The third-order valence-corrected chi connectivity index (χ3v) is 8.14. The fourth-order valence-electron chi connectivity index (χ4n) is 3.96. The lowest BCUT2D eigenvalue weighted by Crippen LogP contribution is -2.22. The molecule has 0 N–H and O–H groups in total. The minimum Gasteiger partial charge on any atom is -0.252 e. The molecular formula is C30H25N2P. The van der Waals surface area contributed by atoms with E-state index in [1.165, 1.54) is 21.5 Å². The Bertz CT molecular complexity index is 1370. The van der Waals surface area contributed by atoms with Gasteiger partial charge in [-0.15, -0.1) is 0 Å². The second-order valence-corrected chi connectivity index (χ2v) is 10.3. The highest BCUT2D eigenvalue weighted by Gasteiger charge is 2.19. The Morgan fingerprint density at radius 2 is 1.30 bits per heavy atom. The molecule has 33 heavy (non-hydrogen) atoms. The first-order valence-corrected chi connectivity index (χ1v) is 12.5. The molecule has 0 radical (unpaired) electrons. The molecule has 0 spiro atoms. The zero-order valence-electron chi connectivity index (χ0n) is 18.8. The van der Waals surface area contributed by atoms with Gasteiger partial charge in [-0.25, -0.2) is 4.98 Å². The number of hydrogen-bond acceptors (Lipinski definition) is 2. The van der Waals surface area contributed by atoms with Gasteiger partial charge in [-0.2, -0.15) is 0 Å². The molecule has 0 bridgehead atoms. The number of hydrogen-bond donors (Lipinski definition) is 0. The minimum atomic E-state index is -0.732. The van der Waals surface area contributed by atoms with Gasteiger partial charge in [0.25, 0.3) is 0 Å². The van der Waals surface area contributed by atoms with E-state index in [1.807, 2.05) is 6.92 Å². The number of nitrogens with zero attached hydrogens (tertiary/aromatic N) is 2. The maximum Gasteiger partial charge on any atom is 0.0849 e. The van der Waals surface area contributed by atoms with Crippen molar-refractivity contribution in [3.63, 3.8) is 0 Å². The van der Waals surface area contributed by atoms with Gasteiger partial charge < -0.3 is 0 Å². The Kier molecular flexibility index (Phi) is 6.11. The third-order valence-electron chi connectivity index (χ3n) is 5.67. The van der Waals surface area contributed by atoms with Gasteiger partial charge in [-0.3, -0.25) is 4.99 Å². The summed E-state index contributed by atoms with van der Waals surface area (Å²) in [6.45, 7) is 4.12. The number of aromatic nitrogens is 1. The zero-order valence-corrected chi connectivity index (χ0v) is 19.7. The average molecular weight is 445 g/mol. The average Bonchev–Trinajstić information content (AvgIpc) is 2.87. The first kappa shape index (κ1) is 21.2. The van der Waals surface area contributed by atoms with Crippen molar-refractivity contribution in [1.82, 2.24) is 4.98 Å². The van der Waals surface area contributed by atoms with Crippen LogP contribution in [-0.2, 0) is 0 Å². The fourth-order valence-corrected chi connectivity index (χ4v) is 6.39. The molecule has 5 aromatic rings. The van der Waals surface area contributed by atoms with Gasteiger partial charge in [0.05, 0.1) is 22.6 Å². The van der Waals surface area contributed by atoms with Crippen molar-refractivity contribution >= 4 is 46.1 Å². The molecule has 4 aromatic carbocycles. The normalized spacial score (nSPS) is 11.8. The maximum absolute atomic E-state index is 5.15. The SMILES string of the molecule is CC(=Nc1ccc(C)cc1)c1ccc2cccc(P(c3ccccc3)c3ccccc3)c2n1. The summed E-state index contributed by atoms with van der Waals surface area (Å²) in [5, 5.41) is 5.07. The number of benzene rings is 4. The van der Waals surface area contributed by atoms with Gasteiger partial charge in [0, 0.05) is 10.7 Å². The van der Waals surface area contributed by atoms with Gasteiger partial charge in [-0.1, -0.05) is 103 Å². The molecule has 5 rings (SSSR count). The van der Waals surface area contributed by atoms with Gasteiger partial charge >= 0.3 is 0 Å². The first-order valence-electron chi connectivity index (χ1n) is 11.1. The molecule has 0 fully saturated rings. The lowest BCUT2D eigenvalue weighted by atomic mass is 10.1. The maximum atomic E-state index is 5.15. The molecule has 0 unspecified atom stereocenters. The minimum absolute atomic E-state index is 0.732. The molecule has 0 aliphatic rings. The quantitative estimate of drug-likeness (QED) is 0.226. The number of pyridine rings is 1. The Hall–Kier alpha value is -3.61. The Balaban J connectivity index is 1.65. The van der Waals surface area contributed by atoms with E-state index in [9.17, 15) is 0 Å². The highest BCUT2D eigenvalue weighted by molar-refractivity contribution is 7.80. The molecule has 0 amide bonds. The van der Waals surface area contributed by atoms with E-state index in [1.54, 1.807) is 0 Å². The van der Waals surface area contributed by atoms with Crippen LogP contribution < -0.4 is 15.9 Å². The number of rotatable bonds is 5. The topological polar surface area (TPSA) is 25.2 Å². The lowest BCUT2D eigenvalue weighted by molar-refractivity contribution is 1.34. The van der Waals surface area contributed by atoms with E-state index in [4.69, 9.17) is 9.98 Å². The summed E-state index contributed by atoms with van der Waals surface area (Å²) in [6.07, 6.45) is 0. The van der Waals surface area contributed by atoms with E-state index >= 15 is 0 Å². The highest BCUT2D eigenvalue weighted by Crippen LogP contribution is 2.35. The summed E-state index contributed by atoms with van der Waals surface area (Å²) in [4.78, 5) is 9.97. The van der Waals surface area contributed by atoms with Crippen LogP contribution in [0.15, 0.2) is 120 Å². The van der Waals surface area contributed by atoms with E-state index in [2.05, 4.69) is 122 Å². The van der Waals surface area contributed by atoms with Crippen LogP contribution in [-0.4, -0.2) is 10.7 Å². The van der Waals surface area contributed by atoms with E-state index in [-0.39, 0.29) is 0 Å². The highest BCUT2D eigenvalue weighted by atomic mass is 31.1. The molecular weight excluding hydrogens is 419 g/mol. The van der Waals surface area contributed by atoms with E-state index in [0.29, 0.717) is 0 Å². The van der Waals surface area contributed by atoms with Crippen molar-refractivity contribution in [2.45, 2.75) is 13.8 Å². The summed E-state index contributed by atoms with van der Waals surface area (Å²) in [5.74, 6) is 0. The number of fused-ring (bicyclic) bond motifs is 1. The smallest absolute Gasteiger partial charge is 0.0849 e. The summed E-state index contributed by atoms with van der Waals surface area (Å²) in [7, 11) is -0.732. The van der Waals surface area contributed by atoms with Crippen LogP contribution in [0.5, 0.6) is 0 Å². The lowest BCUT2D eigenvalue weighted by Gasteiger charge is -2.21. The molecule has 2 nitrogen and oxygen atoms in total. The van der Waals surface area contributed by atoms with E-state index < -0.39 is 7.92 Å². The van der Waals surface area contributed by atoms with Crippen LogP contribution in [0.3, 0.4) is 0 Å². The molecule has 0 aliphatic heterocycles. The van der Waals surface area contributed by atoms with Crippen molar-refractivity contribution in [3.05, 3.63) is 127 Å². The number of para-hydroxylation sites is 1. The molecule has 1 heterocycles. The van der Waals surface area contributed by atoms with Crippen LogP contribution in [0, 0.1) is 6.92 Å². The number of aryl methyl sites for hydroxylation is 1. The second kappa shape index (κ2) is 9.48. The largest absolute Gasteiger partial charge is 0.252 e. The summed E-state index contributed by atoms with van der Waals surface area (Å²) in [6, 6.07) is 40.6. The van der Waals surface area contributed by atoms with Gasteiger partial charge in [0.15, 0.2) is 0 Å². The van der Waals surface area contributed by atoms with Gasteiger partial charge in [0.2, 0.25) is 0 Å². The Morgan fingerprint density at radius 3 is 1.94 bits per heavy atom. The zero-order chi connectivity index (χ0) is 22.6. The molecule has 0 aliphatic carbocycles. The number of aliphatic imine (C=N–C) groups is 1. The summed E-state index contributed by atoms with van der Waals surface area (Å²) >= 11 is 0. The Labute approximate surface area is 196 Å². The van der Waals surface area contributed by atoms with Gasteiger partial charge in [-0.05, 0) is 50.6 Å². The molecule has 0 saturated heterocycles. The summed E-state index contributed by atoms with van der Waals surface area (Å²) < 4.78 is 0. The first-order chi connectivity index (χ1) is 16.2. The standard InChI is InChI=1S/C30H25N2P/c1-22-16-19-25(20-17-22)31-23(2)28-21-18-24-10-9-15-29(30(24)32-28)33(26-11-5-3-6-12-26)27-13-7-4-8-14-27/h3-21H,1-2H3. The van der Waals surface area contributed by atoms with Crippen LogP contribution in [0.4, 0.5) is 5.69 Å². The van der Waals surface area contributed by atoms with Crippen molar-refractivity contribution < 1.29 is 0 Å². The van der Waals surface area contributed by atoms with Gasteiger partial charge in [0.1, 0.15) is 0 Å². The molecule has 0 atom stereocenters. The Morgan fingerprint density at radius 1 is 0.667 bits per heavy atom. The van der Waals surface area contributed by atoms with Crippen molar-refractivity contribution in [3.8, 4) is 0 Å². The van der Waals surface area contributed by atoms with Crippen molar-refractivity contribution in [2.24, 2.45) is 4.99 Å². The van der Waals surface area contributed by atoms with Crippen LogP contribution in [0.25, 0.3) is 10.9 Å². The molecule has 1 aromatic heterocycles.